The molecule has 0 saturated heterocycles. The fourth-order valence-corrected chi connectivity index (χ4v) is 0.820. The van der Waals surface area contributed by atoms with E-state index in [9.17, 15) is 4.79 Å². The van der Waals surface area contributed by atoms with Gasteiger partial charge in [-0.05, 0) is 12.1 Å². The zero-order valence-electron chi connectivity index (χ0n) is 6.98. The predicted molar refractivity (Wildman–Crippen MR) is 44.0 cm³/mol. The molecule has 0 N–H and O–H groups in total. The highest BCUT2D eigenvalue weighted by atomic mass is 16.5. The normalized spacial score (nSPS) is 8.62. The molecule has 0 atom stereocenters. The van der Waals surface area contributed by atoms with Crippen molar-refractivity contribution in [2.45, 2.75) is 6.92 Å². The maximum atomic E-state index is 10.6. The molecule has 4 heteroatoms. The molecular formula is C9H7NO3. The van der Waals surface area contributed by atoms with Crippen molar-refractivity contribution < 1.29 is 14.3 Å². The second-order valence-corrected chi connectivity index (χ2v) is 2.26. The van der Waals surface area contributed by atoms with Crippen molar-refractivity contribution in [3.63, 3.8) is 0 Å². The smallest absolute Gasteiger partial charge is 0.308 e. The SMILES string of the molecule is CC(=O)Oc1cccc(OC#N)c1. The topological polar surface area (TPSA) is 59.3 Å². The maximum Gasteiger partial charge on any atom is 0.308 e. The summed E-state index contributed by atoms with van der Waals surface area (Å²) in [6, 6.07) is 6.29. The summed E-state index contributed by atoms with van der Waals surface area (Å²) in [7, 11) is 0. The number of nitriles is 1. The number of hydrogen-bond donors (Lipinski definition) is 0. The molecule has 0 aliphatic rings. The van der Waals surface area contributed by atoms with Crippen LogP contribution in [0.4, 0.5) is 0 Å². The van der Waals surface area contributed by atoms with Gasteiger partial charge in [-0.1, -0.05) is 6.07 Å². The number of benzene rings is 1. The van der Waals surface area contributed by atoms with Crippen LogP contribution in [0.1, 0.15) is 6.92 Å². The van der Waals surface area contributed by atoms with Gasteiger partial charge in [-0.2, -0.15) is 0 Å². The van der Waals surface area contributed by atoms with E-state index >= 15 is 0 Å². The van der Waals surface area contributed by atoms with Gasteiger partial charge in [0, 0.05) is 13.0 Å². The highest BCUT2D eigenvalue weighted by Gasteiger charge is 1.99. The van der Waals surface area contributed by atoms with Crippen LogP contribution in [-0.2, 0) is 4.79 Å². The van der Waals surface area contributed by atoms with Crippen LogP contribution in [0.25, 0.3) is 0 Å². The van der Waals surface area contributed by atoms with Gasteiger partial charge in [0.1, 0.15) is 11.5 Å². The largest absolute Gasteiger partial charge is 0.427 e. The van der Waals surface area contributed by atoms with Gasteiger partial charge in [-0.15, -0.1) is 5.26 Å². The predicted octanol–water partition coefficient (Wildman–Crippen LogP) is 1.47. The lowest BCUT2D eigenvalue weighted by atomic mass is 10.3. The van der Waals surface area contributed by atoms with Gasteiger partial charge in [0.05, 0.1) is 0 Å². The van der Waals surface area contributed by atoms with E-state index in [1.54, 1.807) is 18.2 Å². The van der Waals surface area contributed by atoms with Gasteiger partial charge in [-0.25, -0.2) is 0 Å². The van der Waals surface area contributed by atoms with E-state index < -0.39 is 5.97 Å². The number of rotatable bonds is 2. The summed E-state index contributed by atoms with van der Waals surface area (Å²) < 4.78 is 9.32. The fraction of sp³-hybridized carbons (Fsp3) is 0.111. The average molecular weight is 177 g/mol. The van der Waals surface area contributed by atoms with E-state index in [1.165, 1.54) is 19.2 Å². The van der Waals surface area contributed by atoms with E-state index in [4.69, 9.17) is 10.00 Å². The standard InChI is InChI=1S/C9H7NO3/c1-7(11)13-9-4-2-3-8(5-9)12-6-10/h2-5H,1H3. The zero-order chi connectivity index (χ0) is 9.68. The van der Waals surface area contributed by atoms with E-state index in [1.807, 2.05) is 0 Å². The lowest BCUT2D eigenvalue weighted by Crippen LogP contribution is -2.01. The summed E-state index contributed by atoms with van der Waals surface area (Å²) in [5, 5.41) is 8.21. The summed E-state index contributed by atoms with van der Waals surface area (Å²) in [5.74, 6) is 0.301. The lowest BCUT2D eigenvalue weighted by Gasteiger charge is -2.01. The van der Waals surface area contributed by atoms with E-state index in [-0.39, 0.29) is 0 Å². The molecule has 0 spiro atoms. The fourth-order valence-electron chi connectivity index (χ4n) is 0.820. The Balaban J connectivity index is 2.80. The van der Waals surface area contributed by atoms with Crippen molar-refractivity contribution >= 4 is 5.97 Å². The monoisotopic (exact) mass is 177 g/mol. The average Bonchev–Trinajstić information content (AvgIpc) is 2.04. The van der Waals surface area contributed by atoms with Crippen molar-refractivity contribution in [3.05, 3.63) is 24.3 Å². The first-order chi connectivity index (χ1) is 6.22. The van der Waals surface area contributed by atoms with Crippen LogP contribution in [-0.4, -0.2) is 5.97 Å². The highest BCUT2D eigenvalue weighted by molar-refractivity contribution is 5.69. The number of hydrogen-bond acceptors (Lipinski definition) is 4. The molecule has 0 bridgehead atoms. The van der Waals surface area contributed by atoms with Gasteiger partial charge >= 0.3 is 5.97 Å². The lowest BCUT2D eigenvalue weighted by molar-refractivity contribution is -0.131. The van der Waals surface area contributed by atoms with Gasteiger partial charge in [0.2, 0.25) is 0 Å². The first kappa shape index (κ1) is 9.07. The molecule has 1 aromatic carbocycles. The summed E-state index contributed by atoms with van der Waals surface area (Å²) in [6.07, 6.45) is 1.52. The molecule has 0 radical (unpaired) electrons. The van der Waals surface area contributed by atoms with E-state index in [2.05, 4.69) is 4.74 Å². The Morgan fingerprint density at radius 1 is 1.46 bits per heavy atom. The molecule has 0 fully saturated rings. The highest BCUT2D eigenvalue weighted by Crippen LogP contribution is 2.18. The minimum absolute atomic E-state index is 0.348. The molecule has 13 heavy (non-hydrogen) atoms. The number of nitrogens with zero attached hydrogens (tertiary/aromatic N) is 1. The molecule has 0 aliphatic heterocycles. The van der Waals surface area contributed by atoms with Crippen LogP contribution < -0.4 is 9.47 Å². The molecule has 0 aromatic heterocycles. The van der Waals surface area contributed by atoms with E-state index in [0.29, 0.717) is 11.5 Å². The first-order valence-electron chi connectivity index (χ1n) is 3.57. The minimum Gasteiger partial charge on any atom is -0.427 e. The Labute approximate surface area is 75.3 Å². The Hall–Kier alpha value is -2.02. The van der Waals surface area contributed by atoms with Gasteiger partial charge in [0.25, 0.3) is 6.26 Å². The van der Waals surface area contributed by atoms with Crippen LogP contribution in [0.15, 0.2) is 24.3 Å². The summed E-state index contributed by atoms with van der Waals surface area (Å²) >= 11 is 0. The summed E-state index contributed by atoms with van der Waals surface area (Å²) in [4.78, 5) is 10.6. The number of esters is 1. The van der Waals surface area contributed by atoms with Gasteiger partial charge in [0.15, 0.2) is 0 Å². The summed E-state index contributed by atoms with van der Waals surface area (Å²) in [6.45, 7) is 1.30. The zero-order valence-corrected chi connectivity index (χ0v) is 6.98. The molecule has 1 rings (SSSR count). The maximum absolute atomic E-state index is 10.6. The number of carbonyl (C=O) groups excluding carboxylic acids is 1. The van der Waals surface area contributed by atoms with Crippen molar-refractivity contribution in [2.75, 3.05) is 0 Å². The van der Waals surface area contributed by atoms with Crippen molar-refractivity contribution in [1.82, 2.24) is 0 Å². The molecule has 66 valence electrons. The second-order valence-electron chi connectivity index (χ2n) is 2.26. The second kappa shape index (κ2) is 4.12. The Kier molecular flexibility index (Phi) is 2.87. The van der Waals surface area contributed by atoms with Crippen LogP contribution >= 0.6 is 0 Å². The first-order valence-corrected chi connectivity index (χ1v) is 3.57. The van der Waals surface area contributed by atoms with Crippen LogP contribution in [0.3, 0.4) is 0 Å². The van der Waals surface area contributed by atoms with Gasteiger partial charge < -0.3 is 9.47 Å². The molecule has 0 unspecified atom stereocenters. The quantitative estimate of drug-likeness (QED) is 0.390. The Bertz CT molecular complexity index is 354. The molecule has 0 saturated carbocycles. The van der Waals surface area contributed by atoms with Crippen LogP contribution in [0.2, 0.25) is 0 Å². The molecule has 0 amide bonds. The van der Waals surface area contributed by atoms with Gasteiger partial charge in [-0.3, -0.25) is 4.79 Å². The third-order valence-corrected chi connectivity index (χ3v) is 1.23. The van der Waals surface area contributed by atoms with E-state index in [0.717, 1.165) is 0 Å². The number of ether oxygens (including phenoxy) is 2. The molecule has 4 nitrogen and oxygen atoms in total. The Morgan fingerprint density at radius 3 is 2.77 bits per heavy atom. The van der Waals surface area contributed by atoms with Crippen LogP contribution in [0.5, 0.6) is 11.5 Å². The Morgan fingerprint density at radius 2 is 2.15 bits per heavy atom. The van der Waals surface area contributed by atoms with Crippen molar-refractivity contribution in [3.8, 4) is 17.8 Å². The molecular weight excluding hydrogens is 170 g/mol. The minimum atomic E-state index is -0.408. The van der Waals surface area contributed by atoms with Crippen molar-refractivity contribution in [1.29, 1.82) is 5.26 Å². The molecule has 0 aliphatic carbocycles. The third-order valence-electron chi connectivity index (χ3n) is 1.23. The van der Waals surface area contributed by atoms with Crippen LogP contribution in [0, 0.1) is 11.5 Å². The third kappa shape index (κ3) is 2.83. The molecule has 0 heterocycles. The van der Waals surface area contributed by atoms with Crippen molar-refractivity contribution in [2.24, 2.45) is 0 Å². The number of carbonyl (C=O) groups is 1. The summed E-state index contributed by atoms with van der Waals surface area (Å²) in [5.41, 5.74) is 0. The molecule has 1 aromatic rings.